The van der Waals surface area contributed by atoms with Gasteiger partial charge in [-0.2, -0.15) is 0 Å². The Balaban J connectivity index is 0.00000280. The first-order chi connectivity index (χ1) is 13.0. The maximum atomic E-state index is 11.6. The molecule has 0 saturated carbocycles. The van der Waals surface area contributed by atoms with E-state index in [1.54, 1.807) is 18.2 Å². The lowest BCUT2D eigenvalue weighted by molar-refractivity contribution is 0.0656. The molecule has 0 aromatic heterocycles. The summed E-state index contributed by atoms with van der Waals surface area (Å²) < 4.78 is 5.68. The molecule has 1 aliphatic heterocycles. The van der Waals surface area contributed by atoms with Crippen molar-refractivity contribution >= 4 is 35.5 Å². The van der Waals surface area contributed by atoms with E-state index in [9.17, 15) is 9.90 Å². The van der Waals surface area contributed by atoms with Gasteiger partial charge in [-0.25, -0.2) is 0 Å². The van der Waals surface area contributed by atoms with Gasteiger partial charge >= 0.3 is 0 Å². The van der Waals surface area contributed by atoms with E-state index in [-0.39, 0.29) is 24.8 Å². The second kappa shape index (κ2) is 10.7. The zero-order valence-corrected chi connectivity index (χ0v) is 17.5. The van der Waals surface area contributed by atoms with Gasteiger partial charge in [0.2, 0.25) is 0 Å². The fourth-order valence-electron chi connectivity index (χ4n) is 3.28. The maximum absolute atomic E-state index is 11.6. The Kier molecular flexibility index (Phi) is 8.58. The number of halogens is 2. The first kappa shape index (κ1) is 22.5. The average Bonchev–Trinajstić information content (AvgIpc) is 2.67. The van der Waals surface area contributed by atoms with E-state index in [1.165, 1.54) is 6.92 Å². The summed E-state index contributed by atoms with van der Waals surface area (Å²) in [6, 6.07) is 15.0. The number of aliphatic hydroxyl groups is 1. The van der Waals surface area contributed by atoms with Crippen LogP contribution in [0.1, 0.15) is 17.3 Å². The van der Waals surface area contributed by atoms with Gasteiger partial charge in [-0.3, -0.25) is 9.69 Å². The molecule has 0 radical (unpaired) electrons. The normalized spacial score (nSPS) is 15.6. The number of β-amino-alcohol motifs (C(OH)–C–C–N with tert-alkyl or cyclic N) is 1. The SMILES string of the molecule is CC(=O)c1ccccc1OCC(O)CN1CCN(c2cccc(Cl)c2)CC1.Cl. The highest BCUT2D eigenvalue weighted by molar-refractivity contribution is 6.30. The number of hydrogen-bond acceptors (Lipinski definition) is 5. The van der Waals surface area contributed by atoms with E-state index >= 15 is 0 Å². The second-order valence-electron chi connectivity index (χ2n) is 6.78. The predicted octanol–water partition coefficient (Wildman–Crippen LogP) is 3.53. The van der Waals surface area contributed by atoms with E-state index < -0.39 is 6.10 Å². The molecular formula is C21H26Cl2N2O3. The van der Waals surface area contributed by atoms with Gasteiger partial charge in [0.1, 0.15) is 18.5 Å². The number of carbonyl (C=O) groups is 1. The Morgan fingerprint density at radius 3 is 2.54 bits per heavy atom. The average molecular weight is 425 g/mol. The topological polar surface area (TPSA) is 53.0 Å². The van der Waals surface area contributed by atoms with Crippen molar-refractivity contribution in [1.82, 2.24) is 4.90 Å². The number of rotatable bonds is 7. The first-order valence-electron chi connectivity index (χ1n) is 9.16. The molecule has 0 amide bonds. The number of ether oxygens (including phenoxy) is 1. The number of anilines is 1. The molecule has 1 N–H and O–H groups in total. The first-order valence-corrected chi connectivity index (χ1v) is 9.54. The van der Waals surface area contributed by atoms with Crippen LogP contribution in [0.15, 0.2) is 48.5 Å². The molecule has 0 bridgehead atoms. The largest absolute Gasteiger partial charge is 0.490 e. The number of nitrogens with zero attached hydrogens (tertiary/aromatic N) is 2. The highest BCUT2D eigenvalue weighted by atomic mass is 35.5. The molecular weight excluding hydrogens is 399 g/mol. The highest BCUT2D eigenvalue weighted by Crippen LogP contribution is 2.21. The molecule has 5 nitrogen and oxygen atoms in total. The second-order valence-corrected chi connectivity index (χ2v) is 7.22. The Hall–Kier alpha value is -1.79. The number of para-hydroxylation sites is 1. The van der Waals surface area contributed by atoms with Crippen LogP contribution in [0.4, 0.5) is 5.69 Å². The Morgan fingerprint density at radius 1 is 1.14 bits per heavy atom. The quantitative estimate of drug-likeness (QED) is 0.688. The molecule has 1 heterocycles. The summed E-state index contributed by atoms with van der Waals surface area (Å²) in [4.78, 5) is 16.2. The summed E-state index contributed by atoms with van der Waals surface area (Å²) >= 11 is 6.07. The van der Waals surface area contributed by atoms with E-state index in [1.807, 2.05) is 24.3 Å². The van der Waals surface area contributed by atoms with Gasteiger partial charge in [0.15, 0.2) is 5.78 Å². The summed E-state index contributed by atoms with van der Waals surface area (Å²) in [5.74, 6) is 0.479. The van der Waals surface area contributed by atoms with Crippen molar-refractivity contribution in [1.29, 1.82) is 0 Å². The van der Waals surface area contributed by atoms with E-state index in [2.05, 4.69) is 15.9 Å². The molecule has 7 heteroatoms. The molecule has 2 aromatic carbocycles. The van der Waals surface area contributed by atoms with Crippen LogP contribution in [0.2, 0.25) is 5.02 Å². The minimum atomic E-state index is -0.609. The maximum Gasteiger partial charge on any atom is 0.163 e. The highest BCUT2D eigenvalue weighted by Gasteiger charge is 2.20. The molecule has 152 valence electrons. The molecule has 0 aliphatic carbocycles. The number of Topliss-reactive ketones (excluding diaryl/α,β-unsaturated/α-hetero) is 1. The minimum absolute atomic E-state index is 0. The van der Waals surface area contributed by atoms with E-state index in [0.717, 1.165) is 36.9 Å². The minimum Gasteiger partial charge on any atom is -0.490 e. The molecule has 28 heavy (non-hydrogen) atoms. The predicted molar refractivity (Wildman–Crippen MR) is 115 cm³/mol. The van der Waals surface area contributed by atoms with Crippen LogP contribution in [0.5, 0.6) is 5.75 Å². The lowest BCUT2D eigenvalue weighted by Gasteiger charge is -2.36. The molecule has 1 saturated heterocycles. The summed E-state index contributed by atoms with van der Waals surface area (Å²) in [6.45, 7) is 5.74. The fraction of sp³-hybridized carbons (Fsp3) is 0.381. The number of carbonyl (C=O) groups excluding carboxylic acids is 1. The van der Waals surface area contributed by atoms with Crippen molar-refractivity contribution in [3.8, 4) is 5.75 Å². The van der Waals surface area contributed by atoms with Crippen LogP contribution in [-0.4, -0.2) is 61.2 Å². The number of benzene rings is 2. The van der Waals surface area contributed by atoms with E-state index in [4.69, 9.17) is 16.3 Å². The number of hydrogen-bond donors (Lipinski definition) is 1. The van der Waals surface area contributed by atoms with Crippen LogP contribution in [0.25, 0.3) is 0 Å². The zero-order chi connectivity index (χ0) is 19.2. The molecule has 0 spiro atoms. The monoisotopic (exact) mass is 424 g/mol. The van der Waals surface area contributed by atoms with Crippen LogP contribution < -0.4 is 9.64 Å². The van der Waals surface area contributed by atoms with Gasteiger partial charge in [0, 0.05) is 43.4 Å². The fourth-order valence-corrected chi connectivity index (χ4v) is 3.47. The molecule has 1 fully saturated rings. The van der Waals surface area contributed by atoms with Crippen molar-refractivity contribution in [3.05, 3.63) is 59.1 Å². The zero-order valence-electron chi connectivity index (χ0n) is 15.9. The number of piperazine rings is 1. The lowest BCUT2D eigenvalue weighted by Crippen LogP contribution is -2.49. The molecule has 1 unspecified atom stereocenters. The number of aliphatic hydroxyl groups excluding tert-OH is 1. The van der Waals surface area contributed by atoms with Crippen molar-refractivity contribution < 1.29 is 14.6 Å². The third kappa shape index (κ3) is 6.11. The summed E-state index contributed by atoms with van der Waals surface area (Å²) in [6.07, 6.45) is -0.609. The molecule has 2 aromatic rings. The van der Waals surface area contributed by atoms with Gasteiger partial charge in [0.25, 0.3) is 0 Å². The third-order valence-corrected chi connectivity index (χ3v) is 4.95. The van der Waals surface area contributed by atoms with Crippen LogP contribution in [-0.2, 0) is 0 Å². The van der Waals surface area contributed by atoms with Gasteiger partial charge in [-0.15, -0.1) is 12.4 Å². The Labute approximate surface area is 177 Å². The summed E-state index contributed by atoms with van der Waals surface area (Å²) in [7, 11) is 0. The van der Waals surface area contributed by atoms with E-state index in [0.29, 0.717) is 17.9 Å². The lowest BCUT2D eigenvalue weighted by atomic mass is 10.1. The molecule has 1 atom stereocenters. The van der Waals surface area contributed by atoms with Crippen molar-refractivity contribution in [2.24, 2.45) is 0 Å². The van der Waals surface area contributed by atoms with Gasteiger partial charge < -0.3 is 14.7 Å². The van der Waals surface area contributed by atoms with Gasteiger partial charge in [0.05, 0.1) is 5.56 Å². The van der Waals surface area contributed by atoms with Gasteiger partial charge in [-0.1, -0.05) is 29.8 Å². The smallest absolute Gasteiger partial charge is 0.163 e. The Morgan fingerprint density at radius 2 is 1.86 bits per heavy atom. The van der Waals surface area contributed by atoms with Crippen molar-refractivity contribution in [2.75, 3.05) is 44.2 Å². The van der Waals surface area contributed by atoms with Gasteiger partial charge in [-0.05, 0) is 37.3 Å². The van der Waals surface area contributed by atoms with Crippen LogP contribution in [0.3, 0.4) is 0 Å². The Bertz CT molecular complexity index is 780. The van der Waals surface area contributed by atoms with Crippen LogP contribution >= 0.6 is 24.0 Å². The summed E-state index contributed by atoms with van der Waals surface area (Å²) in [5, 5.41) is 11.1. The molecule has 3 rings (SSSR count). The standard InChI is InChI=1S/C21H25ClN2O3.ClH/c1-16(25)20-7-2-3-8-21(20)27-15-19(26)14-23-9-11-24(12-10-23)18-6-4-5-17(22)13-18;/h2-8,13,19,26H,9-12,14-15H2,1H3;1H. The van der Waals surface area contributed by atoms with Crippen molar-refractivity contribution in [2.45, 2.75) is 13.0 Å². The number of ketones is 1. The summed E-state index contributed by atoms with van der Waals surface area (Å²) in [5.41, 5.74) is 1.67. The van der Waals surface area contributed by atoms with Crippen LogP contribution in [0, 0.1) is 0 Å². The third-order valence-electron chi connectivity index (χ3n) is 4.71. The van der Waals surface area contributed by atoms with Crippen molar-refractivity contribution in [3.63, 3.8) is 0 Å². The molecule has 1 aliphatic rings.